The Morgan fingerprint density at radius 3 is 3.00 bits per heavy atom. The van der Waals surface area contributed by atoms with Crippen LogP contribution in [0.25, 0.3) is 10.2 Å². The molecule has 0 saturated carbocycles. The van der Waals surface area contributed by atoms with Gasteiger partial charge < -0.3 is 15.8 Å². The lowest BCUT2D eigenvalue weighted by atomic mass is 10.2. The van der Waals surface area contributed by atoms with Crippen LogP contribution in [0.2, 0.25) is 0 Å². The van der Waals surface area contributed by atoms with Crippen molar-refractivity contribution in [1.82, 2.24) is 9.97 Å². The van der Waals surface area contributed by atoms with Crippen LogP contribution in [0.1, 0.15) is 18.9 Å². The molecular weight excluding hydrogens is 327 g/mol. The Labute approximate surface area is 143 Å². The summed E-state index contributed by atoms with van der Waals surface area (Å²) in [5.41, 5.74) is 7.31. The van der Waals surface area contributed by atoms with E-state index in [1.807, 2.05) is 19.2 Å². The van der Waals surface area contributed by atoms with Crippen molar-refractivity contribution in [1.29, 1.82) is 0 Å². The van der Waals surface area contributed by atoms with Gasteiger partial charge in [0.25, 0.3) is 0 Å². The van der Waals surface area contributed by atoms with Gasteiger partial charge >= 0.3 is 0 Å². The Hall–Kier alpha value is -2.25. The number of aromatic nitrogens is 2. The third-order valence-electron chi connectivity index (χ3n) is 3.65. The van der Waals surface area contributed by atoms with Gasteiger partial charge in [0.1, 0.15) is 28.5 Å². The second kappa shape index (κ2) is 7.11. The van der Waals surface area contributed by atoms with Crippen LogP contribution in [-0.2, 0) is 0 Å². The number of hydrogen-bond acceptors (Lipinski definition) is 6. The summed E-state index contributed by atoms with van der Waals surface area (Å²) in [6, 6.07) is 4.41. The van der Waals surface area contributed by atoms with E-state index < -0.39 is 0 Å². The fourth-order valence-electron chi connectivity index (χ4n) is 2.45. The molecule has 3 aromatic rings. The van der Waals surface area contributed by atoms with Crippen LogP contribution in [-0.4, -0.2) is 22.6 Å². The SMILES string of the molecule is Cc1csc2ncnc(Nc3ccc(F)cc3OC(C)CCN)c12. The number of nitrogens with zero attached hydrogens (tertiary/aromatic N) is 2. The smallest absolute Gasteiger partial charge is 0.146 e. The van der Waals surface area contributed by atoms with Gasteiger partial charge in [0.15, 0.2) is 0 Å². The monoisotopic (exact) mass is 346 g/mol. The molecule has 2 heterocycles. The van der Waals surface area contributed by atoms with Crippen LogP contribution in [0.4, 0.5) is 15.9 Å². The molecular formula is C17H19FN4OS. The highest BCUT2D eigenvalue weighted by Crippen LogP contribution is 2.34. The maximum absolute atomic E-state index is 13.6. The van der Waals surface area contributed by atoms with Gasteiger partial charge in [-0.25, -0.2) is 14.4 Å². The van der Waals surface area contributed by atoms with Gasteiger partial charge in [0.2, 0.25) is 0 Å². The normalized spacial score (nSPS) is 12.3. The first-order chi connectivity index (χ1) is 11.6. The van der Waals surface area contributed by atoms with Gasteiger partial charge in [-0.1, -0.05) is 0 Å². The van der Waals surface area contributed by atoms with E-state index in [4.69, 9.17) is 10.5 Å². The highest BCUT2D eigenvalue weighted by atomic mass is 32.1. The van der Waals surface area contributed by atoms with Crippen molar-refractivity contribution in [3.05, 3.63) is 41.3 Å². The number of aryl methyl sites for hydroxylation is 1. The summed E-state index contributed by atoms with van der Waals surface area (Å²) in [5.74, 6) is 0.771. The van der Waals surface area contributed by atoms with Gasteiger partial charge in [-0.15, -0.1) is 11.3 Å². The topological polar surface area (TPSA) is 73.1 Å². The summed E-state index contributed by atoms with van der Waals surface area (Å²) < 4.78 is 19.5. The summed E-state index contributed by atoms with van der Waals surface area (Å²) in [6.45, 7) is 4.44. The molecule has 5 nitrogen and oxygen atoms in total. The number of nitrogens with one attached hydrogen (secondary N) is 1. The van der Waals surface area contributed by atoms with Gasteiger partial charge in [-0.05, 0) is 49.9 Å². The van der Waals surface area contributed by atoms with Crippen molar-refractivity contribution < 1.29 is 9.13 Å². The molecule has 0 radical (unpaired) electrons. The molecule has 0 aliphatic rings. The second-order valence-electron chi connectivity index (χ2n) is 5.59. The number of ether oxygens (including phenoxy) is 1. The van der Waals surface area contributed by atoms with Crippen molar-refractivity contribution in [3.63, 3.8) is 0 Å². The van der Waals surface area contributed by atoms with Crippen LogP contribution < -0.4 is 15.8 Å². The van der Waals surface area contributed by atoms with E-state index in [2.05, 4.69) is 15.3 Å². The van der Waals surface area contributed by atoms with E-state index in [-0.39, 0.29) is 11.9 Å². The average molecular weight is 346 g/mol. The van der Waals surface area contributed by atoms with Crippen LogP contribution in [0.5, 0.6) is 5.75 Å². The number of rotatable bonds is 6. The Kier molecular flexibility index (Phi) is 4.92. The Morgan fingerprint density at radius 1 is 1.38 bits per heavy atom. The molecule has 2 aromatic heterocycles. The van der Waals surface area contributed by atoms with E-state index >= 15 is 0 Å². The largest absolute Gasteiger partial charge is 0.488 e. The second-order valence-corrected chi connectivity index (χ2v) is 6.45. The lowest BCUT2D eigenvalue weighted by Crippen LogP contribution is -2.17. The molecule has 1 aromatic carbocycles. The van der Waals surface area contributed by atoms with Gasteiger partial charge in [0.05, 0.1) is 17.2 Å². The summed E-state index contributed by atoms with van der Waals surface area (Å²) in [6.07, 6.45) is 2.10. The molecule has 0 aliphatic carbocycles. The van der Waals surface area contributed by atoms with Gasteiger partial charge in [-0.3, -0.25) is 0 Å². The van der Waals surface area contributed by atoms with Crippen molar-refractivity contribution in [2.75, 3.05) is 11.9 Å². The van der Waals surface area contributed by atoms with E-state index in [0.717, 1.165) is 15.8 Å². The lowest BCUT2D eigenvalue weighted by molar-refractivity contribution is 0.214. The minimum Gasteiger partial charge on any atom is -0.488 e. The first-order valence-electron chi connectivity index (χ1n) is 7.70. The van der Waals surface area contributed by atoms with Crippen LogP contribution in [0.15, 0.2) is 29.9 Å². The van der Waals surface area contributed by atoms with E-state index in [0.29, 0.717) is 30.2 Å². The quantitative estimate of drug-likeness (QED) is 0.706. The maximum Gasteiger partial charge on any atom is 0.146 e. The minimum atomic E-state index is -0.352. The Morgan fingerprint density at radius 2 is 2.21 bits per heavy atom. The highest BCUT2D eigenvalue weighted by Gasteiger charge is 2.13. The third-order valence-corrected chi connectivity index (χ3v) is 4.66. The van der Waals surface area contributed by atoms with Crippen molar-refractivity contribution in [3.8, 4) is 5.75 Å². The maximum atomic E-state index is 13.6. The molecule has 0 fully saturated rings. The zero-order valence-electron chi connectivity index (χ0n) is 13.5. The first kappa shape index (κ1) is 16.6. The van der Waals surface area contributed by atoms with Crippen LogP contribution in [0.3, 0.4) is 0 Å². The highest BCUT2D eigenvalue weighted by molar-refractivity contribution is 7.17. The molecule has 0 saturated heterocycles. The molecule has 0 amide bonds. The fourth-order valence-corrected chi connectivity index (χ4v) is 3.34. The van der Waals surface area contributed by atoms with E-state index in [1.165, 1.54) is 18.5 Å². The van der Waals surface area contributed by atoms with Crippen LogP contribution >= 0.6 is 11.3 Å². The van der Waals surface area contributed by atoms with Gasteiger partial charge in [-0.2, -0.15) is 0 Å². The summed E-state index contributed by atoms with van der Waals surface area (Å²) in [7, 11) is 0. The zero-order valence-corrected chi connectivity index (χ0v) is 14.4. The van der Waals surface area contributed by atoms with E-state index in [9.17, 15) is 4.39 Å². The molecule has 126 valence electrons. The molecule has 0 bridgehead atoms. The average Bonchev–Trinajstić information content (AvgIpc) is 2.93. The molecule has 3 rings (SSSR count). The molecule has 24 heavy (non-hydrogen) atoms. The predicted octanol–water partition coefficient (Wildman–Crippen LogP) is 4.00. The van der Waals surface area contributed by atoms with Crippen molar-refractivity contribution in [2.45, 2.75) is 26.4 Å². The number of fused-ring (bicyclic) bond motifs is 1. The minimum absolute atomic E-state index is 0.106. The van der Waals surface area contributed by atoms with Crippen LogP contribution in [0, 0.1) is 12.7 Å². The predicted molar refractivity (Wildman–Crippen MR) is 95.6 cm³/mol. The molecule has 0 spiro atoms. The number of halogens is 1. The fraction of sp³-hybridized carbons (Fsp3) is 0.294. The Balaban J connectivity index is 1.95. The molecule has 1 unspecified atom stereocenters. The number of benzene rings is 1. The standard InChI is InChI=1S/C17H19FN4OS/c1-10-8-24-17-15(10)16(20-9-21-17)22-13-4-3-12(18)7-14(13)23-11(2)5-6-19/h3-4,7-9,11H,5-6,19H2,1-2H3,(H,20,21,22). The Bertz CT molecular complexity index is 852. The lowest BCUT2D eigenvalue weighted by Gasteiger charge is -2.18. The molecule has 3 N–H and O–H groups in total. The summed E-state index contributed by atoms with van der Waals surface area (Å²) in [5, 5.41) is 6.25. The van der Waals surface area contributed by atoms with Crippen molar-refractivity contribution in [2.24, 2.45) is 5.73 Å². The number of thiophene rings is 1. The van der Waals surface area contributed by atoms with Crippen molar-refractivity contribution >= 4 is 33.1 Å². The number of nitrogens with two attached hydrogens (primary N) is 1. The van der Waals surface area contributed by atoms with Gasteiger partial charge in [0, 0.05) is 6.07 Å². The molecule has 7 heteroatoms. The summed E-state index contributed by atoms with van der Waals surface area (Å²) >= 11 is 1.57. The zero-order chi connectivity index (χ0) is 17.1. The molecule has 1 atom stereocenters. The molecule has 0 aliphatic heterocycles. The van der Waals surface area contributed by atoms with E-state index in [1.54, 1.807) is 17.4 Å². The first-order valence-corrected chi connectivity index (χ1v) is 8.58. The summed E-state index contributed by atoms with van der Waals surface area (Å²) in [4.78, 5) is 9.51. The number of anilines is 2. The third kappa shape index (κ3) is 3.47. The number of hydrogen-bond donors (Lipinski definition) is 2.